The predicted octanol–water partition coefficient (Wildman–Crippen LogP) is 1.01. The van der Waals surface area contributed by atoms with Gasteiger partial charge in [-0.1, -0.05) is 24.9 Å². The molecule has 0 saturated heterocycles. The summed E-state index contributed by atoms with van der Waals surface area (Å²) in [6.45, 7) is 2.15. The first-order chi connectivity index (χ1) is 6.31. The zero-order valence-electron chi connectivity index (χ0n) is 7.85. The van der Waals surface area contributed by atoms with Gasteiger partial charge in [-0.2, -0.15) is 0 Å². The highest BCUT2D eigenvalue weighted by Crippen LogP contribution is 2.37. The molecule has 1 aromatic heterocycles. The number of nitrogens with two attached hydrogens (primary N) is 1. The van der Waals surface area contributed by atoms with Gasteiger partial charge in [-0.15, -0.1) is 0 Å². The van der Waals surface area contributed by atoms with E-state index in [1.54, 1.807) is 4.68 Å². The molecule has 0 bridgehead atoms. The molecule has 1 aliphatic rings. The van der Waals surface area contributed by atoms with Crippen molar-refractivity contribution < 1.29 is 0 Å². The third kappa shape index (κ3) is 1.79. The third-order valence-electron chi connectivity index (χ3n) is 2.64. The van der Waals surface area contributed by atoms with Crippen LogP contribution in [-0.2, 0) is 0 Å². The molecule has 1 aliphatic carbocycles. The normalized spacial score (nSPS) is 18.8. The van der Waals surface area contributed by atoms with Crippen molar-refractivity contribution >= 4 is 5.95 Å². The highest BCUT2D eigenvalue weighted by Gasteiger charge is 2.26. The standard InChI is InChI=1S/C8H15N5/c1-2-7(5-6-3-4-6)13-8(9)10-11-12-13/h6-7H,2-5H2,1H3,(H2,9,10,12). The van der Waals surface area contributed by atoms with Crippen molar-refractivity contribution in [2.75, 3.05) is 5.73 Å². The van der Waals surface area contributed by atoms with Crippen LogP contribution in [0, 0.1) is 5.92 Å². The van der Waals surface area contributed by atoms with Crippen LogP contribution >= 0.6 is 0 Å². The Morgan fingerprint density at radius 3 is 2.85 bits per heavy atom. The van der Waals surface area contributed by atoms with E-state index in [1.165, 1.54) is 19.3 Å². The largest absolute Gasteiger partial charge is 0.367 e. The van der Waals surface area contributed by atoms with Crippen molar-refractivity contribution in [2.24, 2.45) is 5.92 Å². The van der Waals surface area contributed by atoms with E-state index in [1.807, 2.05) is 0 Å². The van der Waals surface area contributed by atoms with Crippen LogP contribution in [0.25, 0.3) is 0 Å². The van der Waals surface area contributed by atoms with E-state index in [0.29, 0.717) is 12.0 Å². The van der Waals surface area contributed by atoms with Crippen molar-refractivity contribution in [3.05, 3.63) is 0 Å². The SMILES string of the molecule is CCC(CC1CC1)n1nnnc1N. The summed E-state index contributed by atoms with van der Waals surface area (Å²) in [6.07, 6.45) is 4.94. The Labute approximate surface area is 77.3 Å². The number of nitrogens with zero attached hydrogens (tertiary/aromatic N) is 4. The lowest BCUT2D eigenvalue weighted by Gasteiger charge is -2.14. The van der Waals surface area contributed by atoms with Crippen LogP contribution in [0.4, 0.5) is 5.95 Å². The lowest BCUT2D eigenvalue weighted by molar-refractivity contribution is 0.390. The van der Waals surface area contributed by atoms with Gasteiger partial charge in [0.2, 0.25) is 5.95 Å². The second-order valence-electron chi connectivity index (χ2n) is 3.72. The van der Waals surface area contributed by atoms with Gasteiger partial charge in [0.15, 0.2) is 0 Å². The van der Waals surface area contributed by atoms with Crippen LogP contribution in [-0.4, -0.2) is 20.2 Å². The molecular weight excluding hydrogens is 166 g/mol. The average Bonchev–Trinajstić information content (AvgIpc) is 2.85. The predicted molar refractivity (Wildman–Crippen MR) is 48.9 cm³/mol. The van der Waals surface area contributed by atoms with Crippen LogP contribution in [0.5, 0.6) is 0 Å². The fraction of sp³-hybridized carbons (Fsp3) is 0.875. The zero-order chi connectivity index (χ0) is 9.26. The molecule has 5 nitrogen and oxygen atoms in total. The van der Waals surface area contributed by atoms with Gasteiger partial charge in [0.1, 0.15) is 0 Å². The molecule has 1 heterocycles. The van der Waals surface area contributed by atoms with Crippen molar-refractivity contribution in [3.8, 4) is 0 Å². The van der Waals surface area contributed by atoms with Gasteiger partial charge < -0.3 is 5.73 Å². The summed E-state index contributed by atoms with van der Waals surface area (Å²) in [4.78, 5) is 0. The Morgan fingerprint density at radius 1 is 1.62 bits per heavy atom. The van der Waals surface area contributed by atoms with Gasteiger partial charge in [0, 0.05) is 0 Å². The summed E-state index contributed by atoms with van der Waals surface area (Å²) in [6, 6.07) is 0.391. The number of hydrogen-bond acceptors (Lipinski definition) is 4. The lowest BCUT2D eigenvalue weighted by Crippen LogP contribution is -2.13. The smallest absolute Gasteiger partial charge is 0.240 e. The summed E-state index contributed by atoms with van der Waals surface area (Å²) < 4.78 is 1.75. The molecule has 2 rings (SSSR count). The number of rotatable bonds is 4. The summed E-state index contributed by atoms with van der Waals surface area (Å²) >= 11 is 0. The number of tetrazole rings is 1. The quantitative estimate of drug-likeness (QED) is 0.752. The van der Waals surface area contributed by atoms with Crippen LogP contribution in [0.15, 0.2) is 0 Å². The zero-order valence-corrected chi connectivity index (χ0v) is 7.85. The summed E-state index contributed by atoms with van der Waals surface area (Å²) in [5.41, 5.74) is 5.64. The average molecular weight is 181 g/mol. The molecule has 1 aromatic rings. The first-order valence-corrected chi connectivity index (χ1v) is 4.84. The van der Waals surface area contributed by atoms with Gasteiger partial charge in [-0.3, -0.25) is 0 Å². The Balaban J connectivity index is 2.06. The van der Waals surface area contributed by atoms with Crippen LogP contribution in [0.1, 0.15) is 38.6 Å². The van der Waals surface area contributed by atoms with E-state index in [2.05, 4.69) is 22.4 Å². The van der Waals surface area contributed by atoms with Crippen LogP contribution in [0.2, 0.25) is 0 Å². The van der Waals surface area contributed by atoms with Crippen LogP contribution < -0.4 is 5.73 Å². The van der Waals surface area contributed by atoms with Crippen molar-refractivity contribution in [1.82, 2.24) is 20.2 Å². The summed E-state index contributed by atoms with van der Waals surface area (Å²) in [5, 5.41) is 11.1. The minimum absolute atomic E-state index is 0.391. The topological polar surface area (TPSA) is 69.6 Å². The Hall–Kier alpha value is -1.13. The molecule has 1 unspecified atom stereocenters. The first-order valence-electron chi connectivity index (χ1n) is 4.84. The maximum atomic E-state index is 5.64. The molecular formula is C8H15N5. The van der Waals surface area contributed by atoms with E-state index < -0.39 is 0 Å². The molecule has 2 N–H and O–H groups in total. The highest BCUT2D eigenvalue weighted by molar-refractivity contribution is 5.11. The maximum Gasteiger partial charge on any atom is 0.240 e. The number of nitrogen functional groups attached to an aromatic ring is 1. The molecule has 0 aromatic carbocycles. The molecule has 13 heavy (non-hydrogen) atoms. The number of anilines is 1. The van der Waals surface area contributed by atoms with Gasteiger partial charge in [0.25, 0.3) is 0 Å². The molecule has 1 fully saturated rings. The summed E-state index contributed by atoms with van der Waals surface area (Å²) in [7, 11) is 0. The van der Waals surface area contributed by atoms with E-state index in [-0.39, 0.29) is 0 Å². The van der Waals surface area contributed by atoms with Crippen molar-refractivity contribution in [2.45, 2.75) is 38.6 Å². The number of aromatic nitrogens is 4. The minimum atomic E-state index is 0.391. The molecule has 1 saturated carbocycles. The maximum absolute atomic E-state index is 5.64. The summed E-state index contributed by atoms with van der Waals surface area (Å²) in [5.74, 6) is 1.32. The molecule has 0 spiro atoms. The third-order valence-corrected chi connectivity index (χ3v) is 2.64. The monoisotopic (exact) mass is 181 g/mol. The van der Waals surface area contributed by atoms with E-state index in [0.717, 1.165) is 12.3 Å². The van der Waals surface area contributed by atoms with Gasteiger partial charge in [-0.05, 0) is 29.2 Å². The molecule has 0 aliphatic heterocycles. The molecule has 0 radical (unpaired) electrons. The molecule has 72 valence electrons. The van der Waals surface area contributed by atoms with E-state index >= 15 is 0 Å². The van der Waals surface area contributed by atoms with Crippen molar-refractivity contribution in [1.29, 1.82) is 0 Å². The Morgan fingerprint density at radius 2 is 2.38 bits per heavy atom. The molecule has 5 heteroatoms. The Bertz CT molecular complexity index is 278. The van der Waals surface area contributed by atoms with Gasteiger partial charge in [-0.25, -0.2) is 4.68 Å². The minimum Gasteiger partial charge on any atom is -0.367 e. The van der Waals surface area contributed by atoms with Gasteiger partial charge in [0.05, 0.1) is 6.04 Å². The van der Waals surface area contributed by atoms with Crippen LogP contribution in [0.3, 0.4) is 0 Å². The van der Waals surface area contributed by atoms with E-state index in [9.17, 15) is 0 Å². The molecule has 1 atom stereocenters. The molecule has 0 amide bonds. The van der Waals surface area contributed by atoms with Gasteiger partial charge >= 0.3 is 0 Å². The second-order valence-corrected chi connectivity index (χ2v) is 3.72. The first kappa shape index (κ1) is 8.47. The highest BCUT2D eigenvalue weighted by atomic mass is 15.6. The van der Waals surface area contributed by atoms with E-state index in [4.69, 9.17) is 5.73 Å². The lowest BCUT2D eigenvalue weighted by atomic mass is 10.1. The fourth-order valence-corrected chi connectivity index (χ4v) is 1.64. The Kier molecular flexibility index (Phi) is 2.16. The second kappa shape index (κ2) is 3.32. The fourth-order valence-electron chi connectivity index (χ4n) is 1.64. The number of hydrogen-bond donors (Lipinski definition) is 1. The van der Waals surface area contributed by atoms with Crippen molar-refractivity contribution in [3.63, 3.8) is 0 Å².